The van der Waals surface area contributed by atoms with Gasteiger partial charge in [-0.15, -0.1) is 0 Å². The monoisotopic (exact) mass is 377 g/mol. The van der Waals surface area contributed by atoms with E-state index in [4.69, 9.17) is 23.2 Å². The van der Waals surface area contributed by atoms with E-state index in [1.54, 1.807) is 6.07 Å². The number of amides is 1. The summed E-state index contributed by atoms with van der Waals surface area (Å²) in [6.45, 7) is 2.64. The van der Waals surface area contributed by atoms with Crippen LogP contribution < -0.4 is 10.2 Å². The molecule has 2 aromatic rings. The van der Waals surface area contributed by atoms with E-state index in [9.17, 15) is 4.79 Å². The van der Waals surface area contributed by atoms with E-state index in [-0.39, 0.29) is 5.91 Å². The minimum Gasteiger partial charge on any atom is -0.357 e. The quantitative estimate of drug-likeness (QED) is 0.818. The molecule has 1 aromatic carbocycles. The lowest BCUT2D eigenvalue weighted by Gasteiger charge is -2.16. The van der Waals surface area contributed by atoms with E-state index in [0.29, 0.717) is 29.4 Å². The summed E-state index contributed by atoms with van der Waals surface area (Å²) in [5, 5.41) is 3.97. The molecule has 0 radical (unpaired) electrons. The number of nitrogens with one attached hydrogen (secondary N) is 1. The number of carbonyl (C=O) groups is 1. The van der Waals surface area contributed by atoms with Gasteiger partial charge in [-0.2, -0.15) is 0 Å². The van der Waals surface area contributed by atoms with Crippen LogP contribution in [0.2, 0.25) is 10.0 Å². The number of benzene rings is 1. The van der Waals surface area contributed by atoms with Gasteiger partial charge in [-0.3, -0.25) is 4.79 Å². The molecule has 0 atom stereocenters. The molecule has 1 fully saturated rings. The minimum absolute atomic E-state index is 0.0142. The Morgan fingerprint density at radius 3 is 2.68 bits per heavy atom. The van der Waals surface area contributed by atoms with Crippen molar-refractivity contribution in [2.24, 2.45) is 0 Å². The molecule has 1 aromatic heterocycles. The smallest absolute Gasteiger partial charge is 0.220 e. The number of rotatable bonds is 6. The molecule has 1 amide bonds. The predicted molar refractivity (Wildman–Crippen MR) is 102 cm³/mol. The first-order valence-electron chi connectivity index (χ1n) is 8.53. The number of halogens is 2. The van der Waals surface area contributed by atoms with Gasteiger partial charge in [0.2, 0.25) is 5.91 Å². The van der Waals surface area contributed by atoms with E-state index in [1.165, 1.54) is 12.8 Å². The second-order valence-electron chi connectivity index (χ2n) is 6.21. The van der Waals surface area contributed by atoms with Gasteiger partial charge in [-0.1, -0.05) is 41.4 Å². The lowest BCUT2D eigenvalue weighted by atomic mass is 10.1. The Hall–Kier alpha value is -1.78. The first-order chi connectivity index (χ1) is 12.1. The Labute approximate surface area is 158 Å². The van der Waals surface area contributed by atoms with Crippen molar-refractivity contribution in [1.82, 2.24) is 10.3 Å². The van der Waals surface area contributed by atoms with E-state index < -0.39 is 0 Å². The van der Waals surface area contributed by atoms with Gasteiger partial charge in [-0.25, -0.2) is 4.98 Å². The fraction of sp³-hybridized carbons (Fsp3) is 0.368. The zero-order valence-corrected chi connectivity index (χ0v) is 15.5. The summed E-state index contributed by atoms with van der Waals surface area (Å²) in [6, 6.07) is 9.52. The summed E-state index contributed by atoms with van der Waals surface area (Å²) in [7, 11) is 0. The van der Waals surface area contributed by atoms with Gasteiger partial charge in [-0.05, 0) is 42.5 Å². The Balaban J connectivity index is 1.46. The molecule has 4 nitrogen and oxygen atoms in total. The van der Waals surface area contributed by atoms with Gasteiger partial charge in [0.1, 0.15) is 5.82 Å². The first-order valence-corrected chi connectivity index (χ1v) is 9.28. The Kier molecular flexibility index (Phi) is 6.16. The van der Waals surface area contributed by atoms with E-state index >= 15 is 0 Å². The van der Waals surface area contributed by atoms with Crippen LogP contribution in [0.5, 0.6) is 0 Å². The highest BCUT2D eigenvalue weighted by Gasteiger charge is 2.13. The van der Waals surface area contributed by atoms with E-state index in [2.05, 4.69) is 15.2 Å². The molecule has 6 heteroatoms. The van der Waals surface area contributed by atoms with Crippen molar-refractivity contribution in [3.05, 3.63) is 57.7 Å². The van der Waals surface area contributed by atoms with Crippen LogP contribution in [-0.2, 0) is 17.8 Å². The number of nitrogens with zero attached hydrogens (tertiary/aromatic N) is 2. The van der Waals surface area contributed by atoms with Crippen LogP contribution in [0.4, 0.5) is 5.82 Å². The molecule has 3 rings (SSSR count). The molecule has 0 spiro atoms. The predicted octanol–water partition coefficient (Wildman–Crippen LogP) is 4.24. The SMILES string of the molecule is O=C(CCc1cccc(Cl)c1Cl)NCc1ccc(N2CCCC2)nc1. The number of aryl methyl sites for hydroxylation is 1. The maximum Gasteiger partial charge on any atom is 0.220 e. The van der Waals surface area contributed by atoms with Gasteiger partial charge in [0.15, 0.2) is 0 Å². The molecule has 132 valence electrons. The molecular weight excluding hydrogens is 357 g/mol. The molecule has 1 N–H and O–H groups in total. The largest absolute Gasteiger partial charge is 0.357 e. The molecule has 0 saturated carbocycles. The molecular formula is C19H21Cl2N3O. The lowest BCUT2D eigenvalue weighted by molar-refractivity contribution is -0.121. The van der Waals surface area contributed by atoms with E-state index in [0.717, 1.165) is 30.0 Å². The van der Waals surface area contributed by atoms with Crippen molar-refractivity contribution in [2.45, 2.75) is 32.2 Å². The first kappa shape index (κ1) is 18.0. The molecule has 25 heavy (non-hydrogen) atoms. The summed E-state index contributed by atoms with van der Waals surface area (Å²) in [5.41, 5.74) is 1.89. The van der Waals surface area contributed by atoms with Gasteiger partial charge in [0, 0.05) is 32.3 Å². The molecule has 0 unspecified atom stereocenters. The van der Waals surface area contributed by atoms with Crippen molar-refractivity contribution in [1.29, 1.82) is 0 Å². The number of carbonyl (C=O) groups excluding carboxylic acids is 1. The van der Waals surface area contributed by atoms with Crippen molar-refractivity contribution in [3.63, 3.8) is 0 Å². The third-order valence-corrected chi connectivity index (χ3v) is 5.24. The number of hydrogen-bond donors (Lipinski definition) is 1. The molecule has 2 heterocycles. The number of anilines is 1. The summed E-state index contributed by atoms with van der Waals surface area (Å²) in [5.74, 6) is 1.00. The molecule has 1 saturated heterocycles. The zero-order valence-electron chi connectivity index (χ0n) is 14.0. The Morgan fingerprint density at radius 2 is 1.96 bits per heavy atom. The van der Waals surface area contributed by atoms with Crippen LogP contribution in [0.1, 0.15) is 30.4 Å². The lowest BCUT2D eigenvalue weighted by Crippen LogP contribution is -2.23. The minimum atomic E-state index is -0.0142. The topological polar surface area (TPSA) is 45.2 Å². The van der Waals surface area contributed by atoms with Crippen LogP contribution in [-0.4, -0.2) is 24.0 Å². The fourth-order valence-corrected chi connectivity index (χ4v) is 3.35. The van der Waals surface area contributed by atoms with Crippen LogP contribution in [0.25, 0.3) is 0 Å². The summed E-state index contributed by atoms with van der Waals surface area (Å²) < 4.78 is 0. The van der Waals surface area contributed by atoms with Crippen LogP contribution in [0.15, 0.2) is 36.5 Å². The summed E-state index contributed by atoms with van der Waals surface area (Å²) in [6.07, 6.45) is 5.24. The van der Waals surface area contributed by atoms with E-state index in [1.807, 2.05) is 30.5 Å². The highest BCUT2D eigenvalue weighted by Crippen LogP contribution is 2.26. The Bertz CT molecular complexity index is 728. The number of pyridine rings is 1. The van der Waals surface area contributed by atoms with Crippen molar-refractivity contribution in [3.8, 4) is 0 Å². The molecule has 0 bridgehead atoms. The van der Waals surface area contributed by atoms with Crippen LogP contribution in [0, 0.1) is 0 Å². The van der Waals surface area contributed by atoms with Gasteiger partial charge in [0.05, 0.1) is 10.0 Å². The van der Waals surface area contributed by atoms with Crippen molar-refractivity contribution in [2.75, 3.05) is 18.0 Å². The third kappa shape index (κ3) is 4.86. The van der Waals surface area contributed by atoms with Gasteiger partial charge < -0.3 is 10.2 Å². The third-order valence-electron chi connectivity index (χ3n) is 4.38. The van der Waals surface area contributed by atoms with Crippen molar-refractivity contribution < 1.29 is 4.79 Å². The highest BCUT2D eigenvalue weighted by molar-refractivity contribution is 6.42. The van der Waals surface area contributed by atoms with Crippen LogP contribution in [0.3, 0.4) is 0 Å². The Morgan fingerprint density at radius 1 is 1.16 bits per heavy atom. The van der Waals surface area contributed by atoms with Crippen LogP contribution >= 0.6 is 23.2 Å². The zero-order chi connectivity index (χ0) is 17.6. The van der Waals surface area contributed by atoms with Gasteiger partial charge in [0.25, 0.3) is 0 Å². The average Bonchev–Trinajstić information content (AvgIpc) is 3.16. The maximum absolute atomic E-state index is 12.0. The average molecular weight is 378 g/mol. The van der Waals surface area contributed by atoms with Gasteiger partial charge >= 0.3 is 0 Å². The molecule has 1 aliphatic heterocycles. The highest BCUT2D eigenvalue weighted by atomic mass is 35.5. The summed E-state index contributed by atoms with van der Waals surface area (Å²) in [4.78, 5) is 18.8. The number of aromatic nitrogens is 1. The molecule has 0 aliphatic carbocycles. The van der Waals surface area contributed by atoms with Crippen molar-refractivity contribution >= 4 is 34.9 Å². The second-order valence-corrected chi connectivity index (χ2v) is 6.99. The normalized spacial score (nSPS) is 13.9. The summed E-state index contributed by atoms with van der Waals surface area (Å²) >= 11 is 12.1. The second kappa shape index (κ2) is 8.54. The maximum atomic E-state index is 12.0. The fourth-order valence-electron chi connectivity index (χ4n) is 2.93. The standard InChI is InChI=1S/C19H21Cl2N3O/c20-16-5-3-4-15(19(16)21)7-9-18(25)23-13-14-6-8-17(22-12-14)24-10-1-2-11-24/h3-6,8,12H,1-2,7,9-11,13H2,(H,23,25). The number of hydrogen-bond acceptors (Lipinski definition) is 3. The molecule has 1 aliphatic rings.